The van der Waals surface area contributed by atoms with Crippen molar-refractivity contribution in [2.45, 2.75) is 12.8 Å². The number of hydrogen-bond donors (Lipinski definition) is 1. The maximum Gasteiger partial charge on any atom is 0.265 e. The Kier molecular flexibility index (Phi) is 8.21. The smallest absolute Gasteiger partial charge is 0.265 e. The van der Waals surface area contributed by atoms with Crippen LogP contribution in [0.3, 0.4) is 0 Å². The molecule has 0 aromatic heterocycles. The summed E-state index contributed by atoms with van der Waals surface area (Å²) in [6, 6.07) is 12.7. The summed E-state index contributed by atoms with van der Waals surface area (Å²) >= 11 is 0. The highest BCUT2D eigenvalue weighted by atomic mass is 16.5. The first-order valence-electron chi connectivity index (χ1n) is 11.6. The average molecular weight is 470 g/mol. The minimum Gasteiger partial charge on any atom is -0.497 e. The summed E-state index contributed by atoms with van der Waals surface area (Å²) in [5.41, 5.74) is 1.37. The first-order valence-corrected chi connectivity index (χ1v) is 11.6. The van der Waals surface area contributed by atoms with Gasteiger partial charge in [0.25, 0.3) is 5.91 Å². The Morgan fingerprint density at radius 3 is 2.59 bits per heavy atom. The van der Waals surface area contributed by atoms with Crippen LogP contribution in [-0.4, -0.2) is 76.4 Å². The molecule has 0 radical (unpaired) electrons. The van der Waals surface area contributed by atoms with Gasteiger partial charge in [-0.2, -0.15) is 0 Å². The number of benzene rings is 2. The van der Waals surface area contributed by atoms with Crippen LogP contribution in [0.2, 0.25) is 0 Å². The van der Waals surface area contributed by atoms with Crippen LogP contribution >= 0.6 is 0 Å². The van der Waals surface area contributed by atoms with E-state index in [2.05, 4.69) is 10.2 Å². The SMILES string of the molecule is COc1ccc(OCCCC(=O)Nc2ccc3c(c2)OCC(=O)N3CCN2CCOCC2)cc1. The summed E-state index contributed by atoms with van der Waals surface area (Å²) in [7, 11) is 1.62. The lowest BCUT2D eigenvalue weighted by Gasteiger charge is -2.33. The van der Waals surface area contributed by atoms with Gasteiger partial charge in [-0.1, -0.05) is 0 Å². The zero-order valence-corrected chi connectivity index (χ0v) is 19.5. The molecule has 0 atom stereocenters. The monoisotopic (exact) mass is 469 g/mol. The van der Waals surface area contributed by atoms with Gasteiger partial charge in [0, 0.05) is 44.4 Å². The molecular weight excluding hydrogens is 438 g/mol. The van der Waals surface area contributed by atoms with Crippen LogP contribution < -0.4 is 24.4 Å². The first kappa shape index (κ1) is 23.8. The van der Waals surface area contributed by atoms with Gasteiger partial charge in [-0.25, -0.2) is 0 Å². The van der Waals surface area contributed by atoms with E-state index < -0.39 is 0 Å². The van der Waals surface area contributed by atoms with Crippen LogP contribution in [0.4, 0.5) is 11.4 Å². The predicted molar refractivity (Wildman–Crippen MR) is 128 cm³/mol. The zero-order chi connectivity index (χ0) is 23.8. The minimum absolute atomic E-state index is 0.00376. The molecule has 0 spiro atoms. The fourth-order valence-electron chi connectivity index (χ4n) is 3.91. The van der Waals surface area contributed by atoms with Crippen LogP contribution in [0.1, 0.15) is 12.8 Å². The molecule has 1 N–H and O–H groups in total. The number of nitrogens with zero attached hydrogens (tertiary/aromatic N) is 2. The van der Waals surface area contributed by atoms with Crippen molar-refractivity contribution >= 4 is 23.2 Å². The van der Waals surface area contributed by atoms with Gasteiger partial charge in [0.15, 0.2) is 6.61 Å². The predicted octanol–water partition coefficient (Wildman–Crippen LogP) is 2.55. The molecule has 2 aromatic rings. The van der Waals surface area contributed by atoms with Gasteiger partial charge < -0.3 is 29.2 Å². The number of carbonyl (C=O) groups excluding carboxylic acids is 2. The third-order valence-electron chi connectivity index (χ3n) is 5.81. The Morgan fingerprint density at radius 1 is 1.06 bits per heavy atom. The summed E-state index contributed by atoms with van der Waals surface area (Å²) < 4.78 is 21.8. The number of anilines is 2. The molecule has 1 fully saturated rings. The van der Waals surface area contributed by atoms with E-state index in [1.165, 1.54) is 0 Å². The number of fused-ring (bicyclic) bond motifs is 1. The quantitative estimate of drug-likeness (QED) is 0.535. The van der Waals surface area contributed by atoms with Crippen LogP contribution in [0.25, 0.3) is 0 Å². The lowest BCUT2D eigenvalue weighted by atomic mass is 10.2. The largest absolute Gasteiger partial charge is 0.497 e. The molecule has 2 heterocycles. The topological polar surface area (TPSA) is 89.6 Å². The molecule has 0 bridgehead atoms. The number of morpholine rings is 1. The van der Waals surface area contributed by atoms with E-state index in [1.54, 1.807) is 24.1 Å². The van der Waals surface area contributed by atoms with Gasteiger partial charge in [-0.3, -0.25) is 14.5 Å². The van der Waals surface area contributed by atoms with Crippen molar-refractivity contribution in [3.05, 3.63) is 42.5 Å². The van der Waals surface area contributed by atoms with Gasteiger partial charge in [0.1, 0.15) is 17.2 Å². The average Bonchev–Trinajstić information content (AvgIpc) is 2.87. The maximum absolute atomic E-state index is 12.4. The normalized spacial score (nSPS) is 15.9. The summed E-state index contributed by atoms with van der Waals surface area (Å²) in [4.78, 5) is 28.9. The van der Waals surface area contributed by atoms with E-state index in [0.717, 1.165) is 50.0 Å². The number of nitrogens with one attached hydrogen (secondary N) is 1. The molecule has 0 aliphatic carbocycles. The number of amides is 2. The van der Waals surface area contributed by atoms with Crippen molar-refractivity contribution in [1.82, 2.24) is 4.90 Å². The second kappa shape index (κ2) is 11.7. The van der Waals surface area contributed by atoms with Gasteiger partial charge in [-0.05, 0) is 42.8 Å². The van der Waals surface area contributed by atoms with Crippen LogP contribution in [0, 0.1) is 0 Å². The van der Waals surface area contributed by atoms with E-state index in [-0.39, 0.29) is 18.4 Å². The Bertz CT molecular complexity index is 975. The fourth-order valence-corrected chi connectivity index (χ4v) is 3.91. The highest BCUT2D eigenvalue weighted by Crippen LogP contribution is 2.34. The zero-order valence-electron chi connectivity index (χ0n) is 19.5. The summed E-state index contributed by atoms with van der Waals surface area (Å²) in [5, 5.41) is 2.90. The van der Waals surface area contributed by atoms with Gasteiger partial charge in [-0.15, -0.1) is 0 Å². The molecule has 1 saturated heterocycles. The second-order valence-electron chi connectivity index (χ2n) is 8.15. The van der Waals surface area contributed by atoms with Crippen molar-refractivity contribution in [2.24, 2.45) is 0 Å². The molecule has 9 heteroatoms. The van der Waals surface area contributed by atoms with Crippen molar-refractivity contribution in [1.29, 1.82) is 0 Å². The lowest BCUT2D eigenvalue weighted by molar-refractivity contribution is -0.121. The molecule has 182 valence electrons. The first-order chi connectivity index (χ1) is 16.6. The lowest BCUT2D eigenvalue weighted by Crippen LogP contribution is -2.45. The van der Waals surface area contributed by atoms with E-state index in [4.69, 9.17) is 18.9 Å². The number of ether oxygens (including phenoxy) is 4. The highest BCUT2D eigenvalue weighted by molar-refractivity contribution is 5.99. The van der Waals surface area contributed by atoms with Crippen LogP contribution in [0.15, 0.2) is 42.5 Å². The van der Waals surface area contributed by atoms with E-state index in [0.29, 0.717) is 37.4 Å². The summed E-state index contributed by atoms with van der Waals surface area (Å²) in [6.45, 7) is 5.02. The van der Waals surface area contributed by atoms with Crippen molar-refractivity contribution in [3.63, 3.8) is 0 Å². The van der Waals surface area contributed by atoms with E-state index in [9.17, 15) is 9.59 Å². The van der Waals surface area contributed by atoms with Crippen LogP contribution in [-0.2, 0) is 14.3 Å². The van der Waals surface area contributed by atoms with E-state index in [1.807, 2.05) is 30.3 Å². The molecule has 2 aliphatic rings. The molecule has 2 aliphatic heterocycles. The Morgan fingerprint density at radius 2 is 1.82 bits per heavy atom. The van der Waals surface area contributed by atoms with Crippen molar-refractivity contribution < 1.29 is 28.5 Å². The third-order valence-corrected chi connectivity index (χ3v) is 5.81. The molecular formula is C25H31N3O6. The van der Waals surface area contributed by atoms with Gasteiger partial charge in [0.2, 0.25) is 5.91 Å². The number of hydrogen-bond acceptors (Lipinski definition) is 7. The van der Waals surface area contributed by atoms with Crippen molar-refractivity contribution in [3.8, 4) is 17.2 Å². The third kappa shape index (κ3) is 6.39. The fraction of sp³-hybridized carbons (Fsp3) is 0.440. The Balaban J connectivity index is 1.25. The number of methoxy groups -OCH3 is 1. The van der Waals surface area contributed by atoms with Gasteiger partial charge in [0.05, 0.1) is 32.6 Å². The standard InChI is InChI=1S/C25H31N3O6/c1-31-20-5-7-21(8-6-20)33-14-2-3-24(29)26-19-4-9-22-23(17-19)34-18-25(30)28(22)11-10-27-12-15-32-16-13-27/h4-9,17H,2-3,10-16,18H2,1H3,(H,26,29). The molecule has 2 amide bonds. The summed E-state index contributed by atoms with van der Waals surface area (Å²) in [6.07, 6.45) is 0.918. The van der Waals surface area contributed by atoms with Crippen molar-refractivity contribution in [2.75, 3.05) is 69.9 Å². The number of carbonyl (C=O) groups is 2. The Hall–Kier alpha value is -3.30. The second-order valence-corrected chi connectivity index (χ2v) is 8.15. The van der Waals surface area contributed by atoms with E-state index >= 15 is 0 Å². The molecule has 2 aromatic carbocycles. The maximum atomic E-state index is 12.4. The summed E-state index contributed by atoms with van der Waals surface area (Å²) in [5.74, 6) is 1.94. The molecule has 9 nitrogen and oxygen atoms in total. The number of rotatable bonds is 10. The molecule has 0 saturated carbocycles. The Labute approximate surface area is 199 Å². The highest BCUT2D eigenvalue weighted by Gasteiger charge is 2.26. The molecule has 0 unspecified atom stereocenters. The van der Waals surface area contributed by atoms with Gasteiger partial charge >= 0.3 is 0 Å². The minimum atomic E-state index is -0.102. The van der Waals surface area contributed by atoms with Crippen LogP contribution in [0.5, 0.6) is 17.2 Å². The molecule has 4 rings (SSSR count). The molecule has 34 heavy (non-hydrogen) atoms.